The number of benzene rings is 1. The SMILES string of the molecule is c1ccc2c3c([nH]c2c1)C1(CC[NH2+]CC1)[NH2+]CC3. The number of rotatable bonds is 0. The molecule has 2 aromatic rings. The van der Waals surface area contributed by atoms with Crippen molar-refractivity contribution < 1.29 is 10.6 Å². The van der Waals surface area contributed by atoms with Crippen LogP contribution in [0.5, 0.6) is 0 Å². The maximum Gasteiger partial charge on any atom is 0.148 e. The molecular formula is C15H21N3+2. The van der Waals surface area contributed by atoms with Crippen molar-refractivity contribution in [2.24, 2.45) is 0 Å². The highest BCUT2D eigenvalue weighted by Gasteiger charge is 2.44. The quantitative estimate of drug-likeness (QED) is 0.576. The molecule has 0 bridgehead atoms. The second-order valence-electron chi connectivity index (χ2n) is 5.79. The molecule has 2 aliphatic heterocycles. The lowest BCUT2D eigenvalue weighted by atomic mass is 9.80. The topological polar surface area (TPSA) is 49.0 Å². The van der Waals surface area contributed by atoms with Crippen LogP contribution in [0.3, 0.4) is 0 Å². The van der Waals surface area contributed by atoms with Gasteiger partial charge in [-0.3, -0.25) is 0 Å². The van der Waals surface area contributed by atoms with Crippen molar-refractivity contribution in [2.75, 3.05) is 19.6 Å². The molecule has 0 saturated carbocycles. The number of aromatic amines is 1. The van der Waals surface area contributed by atoms with Crippen LogP contribution in [0.25, 0.3) is 10.9 Å². The Morgan fingerprint density at radius 2 is 1.89 bits per heavy atom. The van der Waals surface area contributed by atoms with Crippen LogP contribution in [0.1, 0.15) is 24.1 Å². The van der Waals surface area contributed by atoms with Crippen LogP contribution in [0.2, 0.25) is 0 Å². The summed E-state index contributed by atoms with van der Waals surface area (Å²) in [4.78, 5) is 3.73. The van der Waals surface area contributed by atoms with Crippen LogP contribution in [0.4, 0.5) is 0 Å². The minimum absolute atomic E-state index is 0.349. The van der Waals surface area contributed by atoms with Gasteiger partial charge in [0.15, 0.2) is 0 Å². The average molecular weight is 243 g/mol. The fraction of sp³-hybridized carbons (Fsp3) is 0.467. The van der Waals surface area contributed by atoms with E-state index < -0.39 is 0 Å². The van der Waals surface area contributed by atoms with E-state index in [2.05, 4.69) is 39.9 Å². The molecule has 2 aliphatic rings. The van der Waals surface area contributed by atoms with E-state index in [-0.39, 0.29) is 0 Å². The molecular weight excluding hydrogens is 222 g/mol. The molecule has 18 heavy (non-hydrogen) atoms. The summed E-state index contributed by atoms with van der Waals surface area (Å²) in [5.74, 6) is 0. The third-order valence-corrected chi connectivity index (χ3v) is 4.83. The molecule has 1 fully saturated rings. The summed E-state index contributed by atoms with van der Waals surface area (Å²) >= 11 is 0. The monoisotopic (exact) mass is 243 g/mol. The van der Waals surface area contributed by atoms with Crippen molar-refractivity contribution >= 4 is 10.9 Å². The van der Waals surface area contributed by atoms with Gasteiger partial charge < -0.3 is 15.6 Å². The zero-order valence-corrected chi connectivity index (χ0v) is 10.7. The molecule has 0 aliphatic carbocycles. The molecule has 1 spiro atoms. The van der Waals surface area contributed by atoms with Gasteiger partial charge in [0.05, 0.1) is 38.2 Å². The average Bonchev–Trinajstić information content (AvgIpc) is 2.81. The number of para-hydroxylation sites is 1. The number of hydrogen-bond donors (Lipinski definition) is 3. The van der Waals surface area contributed by atoms with E-state index in [1.807, 2.05) is 0 Å². The molecule has 0 atom stereocenters. The normalized spacial score (nSPS) is 22.2. The van der Waals surface area contributed by atoms with Gasteiger partial charge in [-0.25, -0.2) is 0 Å². The van der Waals surface area contributed by atoms with E-state index in [1.54, 1.807) is 5.56 Å². The molecule has 3 heteroatoms. The molecule has 1 saturated heterocycles. The number of fused-ring (bicyclic) bond motifs is 4. The standard InChI is InChI=1S/C15H19N3/c1-2-4-13-11(3-1)12-5-8-17-15(14(12)18-13)6-9-16-10-7-15/h1-4,16-18H,5-10H2/p+2. The predicted octanol–water partition coefficient (Wildman–Crippen LogP) is -0.160. The zero-order valence-electron chi connectivity index (χ0n) is 10.7. The first-order valence-corrected chi connectivity index (χ1v) is 7.15. The second-order valence-corrected chi connectivity index (χ2v) is 5.79. The Hall–Kier alpha value is -1.32. The highest BCUT2D eigenvalue weighted by atomic mass is 15.1. The van der Waals surface area contributed by atoms with Crippen LogP contribution in [0.15, 0.2) is 24.3 Å². The lowest BCUT2D eigenvalue weighted by Crippen LogP contribution is -3.01. The van der Waals surface area contributed by atoms with Crippen molar-refractivity contribution in [2.45, 2.75) is 24.8 Å². The van der Waals surface area contributed by atoms with Gasteiger partial charge in [0.1, 0.15) is 5.54 Å². The molecule has 94 valence electrons. The minimum atomic E-state index is 0.349. The summed E-state index contributed by atoms with van der Waals surface area (Å²) in [5.41, 5.74) is 4.80. The number of quaternary nitrogens is 2. The van der Waals surface area contributed by atoms with Gasteiger partial charge in [-0.2, -0.15) is 0 Å². The van der Waals surface area contributed by atoms with Crippen molar-refractivity contribution in [3.05, 3.63) is 35.5 Å². The molecule has 0 unspecified atom stereocenters. The first-order valence-electron chi connectivity index (χ1n) is 7.15. The predicted molar refractivity (Wildman–Crippen MR) is 71.4 cm³/mol. The molecule has 1 aromatic heterocycles. The molecule has 5 N–H and O–H groups in total. The van der Waals surface area contributed by atoms with Crippen LogP contribution in [-0.4, -0.2) is 24.6 Å². The Labute approximate surface area is 107 Å². The lowest BCUT2D eigenvalue weighted by Gasteiger charge is -2.36. The van der Waals surface area contributed by atoms with Crippen LogP contribution in [-0.2, 0) is 12.0 Å². The Bertz CT molecular complexity index is 578. The van der Waals surface area contributed by atoms with Gasteiger partial charge in [-0.15, -0.1) is 0 Å². The molecule has 0 amide bonds. The van der Waals surface area contributed by atoms with Crippen molar-refractivity contribution in [3.63, 3.8) is 0 Å². The highest BCUT2D eigenvalue weighted by molar-refractivity contribution is 5.85. The zero-order chi connectivity index (χ0) is 12.0. The van der Waals surface area contributed by atoms with Crippen LogP contribution >= 0.6 is 0 Å². The summed E-state index contributed by atoms with van der Waals surface area (Å²) in [6, 6.07) is 8.79. The van der Waals surface area contributed by atoms with E-state index in [1.165, 1.54) is 55.5 Å². The number of nitrogens with one attached hydrogen (secondary N) is 1. The highest BCUT2D eigenvalue weighted by Crippen LogP contribution is 2.34. The number of aromatic nitrogens is 1. The van der Waals surface area contributed by atoms with E-state index in [9.17, 15) is 0 Å². The molecule has 1 aromatic carbocycles. The van der Waals surface area contributed by atoms with Gasteiger partial charge in [-0.1, -0.05) is 18.2 Å². The van der Waals surface area contributed by atoms with E-state index >= 15 is 0 Å². The second kappa shape index (κ2) is 3.84. The van der Waals surface area contributed by atoms with E-state index in [0.717, 1.165) is 0 Å². The summed E-state index contributed by atoms with van der Waals surface area (Å²) < 4.78 is 0. The van der Waals surface area contributed by atoms with Crippen molar-refractivity contribution in [1.82, 2.24) is 4.98 Å². The largest absolute Gasteiger partial charge is 0.353 e. The summed E-state index contributed by atoms with van der Waals surface area (Å²) in [6.45, 7) is 3.78. The van der Waals surface area contributed by atoms with Crippen LogP contribution < -0.4 is 10.6 Å². The van der Waals surface area contributed by atoms with Crippen molar-refractivity contribution in [1.29, 1.82) is 0 Å². The maximum absolute atomic E-state index is 3.73. The number of H-pyrrole nitrogens is 1. The molecule has 4 rings (SSSR count). The maximum atomic E-state index is 3.73. The third kappa shape index (κ3) is 1.38. The Balaban J connectivity index is 1.93. The lowest BCUT2D eigenvalue weighted by molar-refractivity contribution is -0.773. The Morgan fingerprint density at radius 1 is 1.06 bits per heavy atom. The molecule has 3 heterocycles. The fourth-order valence-electron chi connectivity index (χ4n) is 3.92. The van der Waals surface area contributed by atoms with Gasteiger partial charge in [0, 0.05) is 17.3 Å². The van der Waals surface area contributed by atoms with Crippen molar-refractivity contribution in [3.8, 4) is 0 Å². The summed E-state index contributed by atoms with van der Waals surface area (Å²) in [5, 5.41) is 6.50. The van der Waals surface area contributed by atoms with Gasteiger partial charge in [-0.05, 0) is 11.6 Å². The number of nitrogens with two attached hydrogens (primary N) is 2. The smallest absolute Gasteiger partial charge is 0.148 e. The van der Waals surface area contributed by atoms with E-state index in [0.29, 0.717) is 5.54 Å². The van der Waals surface area contributed by atoms with Crippen LogP contribution in [0, 0.1) is 0 Å². The number of hydrogen-bond acceptors (Lipinski definition) is 0. The molecule has 0 radical (unpaired) electrons. The fourth-order valence-corrected chi connectivity index (χ4v) is 3.92. The van der Waals surface area contributed by atoms with Gasteiger partial charge in [0.25, 0.3) is 0 Å². The van der Waals surface area contributed by atoms with Gasteiger partial charge in [0.2, 0.25) is 0 Å². The van der Waals surface area contributed by atoms with E-state index in [4.69, 9.17) is 0 Å². The first-order chi connectivity index (χ1) is 8.89. The number of piperidine rings is 1. The Morgan fingerprint density at radius 3 is 2.78 bits per heavy atom. The first kappa shape index (κ1) is 10.6. The summed E-state index contributed by atoms with van der Waals surface area (Å²) in [7, 11) is 0. The molecule has 3 nitrogen and oxygen atoms in total. The Kier molecular flexibility index (Phi) is 2.26. The van der Waals surface area contributed by atoms with Gasteiger partial charge >= 0.3 is 0 Å². The third-order valence-electron chi connectivity index (χ3n) is 4.83. The minimum Gasteiger partial charge on any atom is -0.353 e. The summed E-state index contributed by atoms with van der Waals surface area (Å²) in [6.07, 6.45) is 3.81.